The number of aromatic hydroxyl groups is 1. The highest BCUT2D eigenvalue weighted by atomic mass is 16.5. The second kappa shape index (κ2) is 8.17. The summed E-state index contributed by atoms with van der Waals surface area (Å²) >= 11 is 0. The minimum absolute atomic E-state index is 0.0759. The van der Waals surface area contributed by atoms with E-state index in [1.807, 2.05) is 10.8 Å². The lowest BCUT2D eigenvalue weighted by molar-refractivity contribution is 0.414. The first-order chi connectivity index (χ1) is 13.1. The van der Waals surface area contributed by atoms with E-state index in [9.17, 15) is 14.7 Å². The number of benzene rings is 1. The summed E-state index contributed by atoms with van der Waals surface area (Å²) in [5, 5.41) is 10.4. The standard InChI is InChI=1S/C18H19N5O4/c1-27-14-5-3-13(4-6-14)23-17(25)15(16(24)21-18(23)26)11-19-7-2-9-22-10-8-20-12-22/h3-6,8,10-12,25H,2,7,9H2,1H3,(H,21,24,26). The molecule has 0 bridgehead atoms. The fraction of sp³-hybridized carbons (Fsp3) is 0.222. The number of ether oxygens (including phenoxy) is 1. The van der Waals surface area contributed by atoms with Crippen molar-refractivity contribution in [3.63, 3.8) is 0 Å². The SMILES string of the molecule is COc1ccc(-n2c(O)c(C=NCCCn3ccnc3)c(=O)[nH]c2=O)cc1. The number of imidazole rings is 1. The van der Waals surface area contributed by atoms with Crippen LogP contribution < -0.4 is 16.0 Å². The van der Waals surface area contributed by atoms with Crippen LogP contribution in [-0.2, 0) is 6.54 Å². The molecule has 0 saturated carbocycles. The maximum atomic E-state index is 12.1. The van der Waals surface area contributed by atoms with E-state index < -0.39 is 17.1 Å². The maximum absolute atomic E-state index is 12.1. The molecule has 140 valence electrons. The molecule has 2 aromatic heterocycles. The Hall–Kier alpha value is -3.62. The van der Waals surface area contributed by atoms with Crippen molar-refractivity contribution in [3.8, 4) is 17.3 Å². The number of aliphatic imine (C=N–C) groups is 1. The fourth-order valence-corrected chi connectivity index (χ4v) is 2.55. The van der Waals surface area contributed by atoms with Crippen LogP contribution in [0.4, 0.5) is 0 Å². The van der Waals surface area contributed by atoms with Gasteiger partial charge in [0, 0.05) is 31.7 Å². The Morgan fingerprint density at radius 2 is 2.07 bits per heavy atom. The summed E-state index contributed by atoms with van der Waals surface area (Å²) in [5.41, 5.74) is -1.11. The zero-order chi connectivity index (χ0) is 19.2. The molecule has 2 heterocycles. The Kier molecular flexibility index (Phi) is 5.50. The fourth-order valence-electron chi connectivity index (χ4n) is 2.55. The summed E-state index contributed by atoms with van der Waals surface area (Å²) < 4.78 is 8.00. The lowest BCUT2D eigenvalue weighted by atomic mass is 10.2. The number of aromatic amines is 1. The Morgan fingerprint density at radius 3 is 2.74 bits per heavy atom. The molecule has 3 rings (SSSR count). The second-order valence-electron chi connectivity index (χ2n) is 5.72. The molecule has 0 aliphatic heterocycles. The number of nitrogens with zero attached hydrogens (tertiary/aromatic N) is 4. The first kappa shape index (κ1) is 18.2. The van der Waals surface area contributed by atoms with E-state index >= 15 is 0 Å². The molecule has 3 aromatic rings. The molecule has 0 saturated heterocycles. The lowest BCUT2D eigenvalue weighted by Crippen LogP contribution is -2.31. The van der Waals surface area contributed by atoms with Gasteiger partial charge in [-0.1, -0.05) is 0 Å². The monoisotopic (exact) mass is 369 g/mol. The van der Waals surface area contributed by atoms with E-state index in [4.69, 9.17) is 4.74 Å². The van der Waals surface area contributed by atoms with Crippen LogP contribution in [-0.4, -0.2) is 44.1 Å². The summed E-state index contributed by atoms with van der Waals surface area (Å²) in [6.07, 6.45) is 7.28. The molecular formula is C18H19N5O4. The van der Waals surface area contributed by atoms with Gasteiger partial charge in [0.1, 0.15) is 11.3 Å². The van der Waals surface area contributed by atoms with Crippen LogP contribution >= 0.6 is 0 Å². The minimum Gasteiger partial charge on any atom is -0.497 e. The van der Waals surface area contributed by atoms with Crippen molar-refractivity contribution in [1.82, 2.24) is 19.1 Å². The van der Waals surface area contributed by atoms with Gasteiger partial charge in [-0.15, -0.1) is 0 Å². The molecule has 0 fully saturated rings. The summed E-state index contributed by atoms with van der Waals surface area (Å²) in [6, 6.07) is 6.50. The van der Waals surface area contributed by atoms with E-state index in [-0.39, 0.29) is 5.56 Å². The molecule has 9 nitrogen and oxygen atoms in total. The molecule has 0 aliphatic rings. The van der Waals surface area contributed by atoms with Crippen molar-refractivity contribution < 1.29 is 9.84 Å². The highest BCUT2D eigenvalue weighted by Crippen LogP contribution is 2.18. The number of H-pyrrole nitrogens is 1. The maximum Gasteiger partial charge on any atom is 0.335 e. The van der Waals surface area contributed by atoms with Crippen LogP contribution in [0.25, 0.3) is 5.69 Å². The minimum atomic E-state index is -0.736. The summed E-state index contributed by atoms with van der Waals surface area (Å²) in [4.78, 5) is 34.5. The van der Waals surface area contributed by atoms with Crippen molar-refractivity contribution in [3.05, 3.63) is 69.4 Å². The molecule has 1 aromatic carbocycles. The van der Waals surface area contributed by atoms with Crippen molar-refractivity contribution >= 4 is 6.21 Å². The smallest absolute Gasteiger partial charge is 0.335 e. The van der Waals surface area contributed by atoms with Crippen LogP contribution in [0, 0.1) is 0 Å². The Labute approximate surface area is 154 Å². The predicted octanol–water partition coefficient (Wildman–Crippen LogP) is 0.946. The molecular weight excluding hydrogens is 350 g/mol. The van der Waals surface area contributed by atoms with Gasteiger partial charge < -0.3 is 14.4 Å². The summed E-state index contributed by atoms with van der Waals surface area (Å²) in [6.45, 7) is 1.20. The van der Waals surface area contributed by atoms with E-state index in [1.165, 1.54) is 13.3 Å². The van der Waals surface area contributed by atoms with E-state index in [0.717, 1.165) is 17.5 Å². The quantitative estimate of drug-likeness (QED) is 0.475. The number of nitrogens with one attached hydrogen (secondary N) is 1. The average Bonchev–Trinajstić information content (AvgIpc) is 3.17. The molecule has 0 atom stereocenters. The molecule has 27 heavy (non-hydrogen) atoms. The summed E-state index contributed by atoms with van der Waals surface area (Å²) in [5.74, 6) is 0.141. The zero-order valence-corrected chi connectivity index (χ0v) is 14.7. The Morgan fingerprint density at radius 1 is 1.30 bits per heavy atom. The Balaban J connectivity index is 1.81. The van der Waals surface area contributed by atoms with Crippen molar-refractivity contribution in [2.75, 3.05) is 13.7 Å². The van der Waals surface area contributed by atoms with Crippen molar-refractivity contribution in [2.45, 2.75) is 13.0 Å². The van der Waals surface area contributed by atoms with Crippen LogP contribution in [0.5, 0.6) is 11.6 Å². The summed E-state index contributed by atoms with van der Waals surface area (Å²) in [7, 11) is 1.53. The number of methoxy groups -OCH3 is 1. The normalized spacial score (nSPS) is 11.1. The molecule has 0 unspecified atom stereocenters. The highest BCUT2D eigenvalue weighted by molar-refractivity contribution is 5.82. The van der Waals surface area contributed by atoms with Gasteiger partial charge in [-0.3, -0.25) is 14.8 Å². The number of hydrogen-bond donors (Lipinski definition) is 2. The van der Waals surface area contributed by atoms with Gasteiger partial charge in [0.25, 0.3) is 5.56 Å². The molecule has 0 amide bonds. The lowest BCUT2D eigenvalue weighted by Gasteiger charge is -2.10. The third kappa shape index (κ3) is 4.14. The third-order valence-electron chi connectivity index (χ3n) is 3.93. The van der Waals surface area contributed by atoms with Crippen LogP contribution in [0.2, 0.25) is 0 Å². The Bertz CT molecular complexity index is 1030. The van der Waals surface area contributed by atoms with Gasteiger partial charge in [-0.2, -0.15) is 0 Å². The van der Waals surface area contributed by atoms with Crippen LogP contribution in [0.3, 0.4) is 0 Å². The van der Waals surface area contributed by atoms with Crippen molar-refractivity contribution in [1.29, 1.82) is 0 Å². The molecule has 9 heteroatoms. The van der Waals surface area contributed by atoms with Gasteiger partial charge >= 0.3 is 5.69 Å². The highest BCUT2D eigenvalue weighted by Gasteiger charge is 2.14. The van der Waals surface area contributed by atoms with Crippen molar-refractivity contribution in [2.24, 2.45) is 4.99 Å². The predicted molar refractivity (Wildman–Crippen MR) is 100 cm³/mol. The average molecular weight is 369 g/mol. The van der Waals surface area contributed by atoms with Gasteiger partial charge in [-0.25, -0.2) is 14.3 Å². The number of rotatable bonds is 7. The number of aryl methyl sites for hydroxylation is 1. The van der Waals surface area contributed by atoms with Gasteiger partial charge in [0.05, 0.1) is 19.1 Å². The van der Waals surface area contributed by atoms with Gasteiger partial charge in [0.15, 0.2) is 0 Å². The first-order valence-electron chi connectivity index (χ1n) is 8.28. The molecule has 0 spiro atoms. The van der Waals surface area contributed by atoms with E-state index in [0.29, 0.717) is 18.0 Å². The van der Waals surface area contributed by atoms with Crippen LogP contribution in [0.1, 0.15) is 12.0 Å². The largest absolute Gasteiger partial charge is 0.497 e. The number of hydrogen-bond acceptors (Lipinski definition) is 6. The van der Waals surface area contributed by atoms with Gasteiger partial charge in [-0.05, 0) is 30.7 Å². The van der Waals surface area contributed by atoms with E-state index in [1.54, 1.807) is 36.8 Å². The number of aromatic nitrogens is 4. The molecule has 0 aliphatic carbocycles. The first-order valence-corrected chi connectivity index (χ1v) is 8.28. The third-order valence-corrected chi connectivity index (χ3v) is 3.93. The molecule has 2 N–H and O–H groups in total. The molecule has 0 radical (unpaired) electrons. The second-order valence-corrected chi connectivity index (χ2v) is 5.72. The van der Waals surface area contributed by atoms with Crippen LogP contribution in [0.15, 0.2) is 57.6 Å². The van der Waals surface area contributed by atoms with Gasteiger partial charge in [0.2, 0.25) is 5.88 Å². The zero-order valence-electron chi connectivity index (χ0n) is 14.7. The topological polar surface area (TPSA) is 114 Å². The van der Waals surface area contributed by atoms with E-state index in [2.05, 4.69) is 15.0 Å².